The first kappa shape index (κ1) is 14.9. The van der Waals surface area contributed by atoms with Gasteiger partial charge in [0.2, 0.25) is 0 Å². The van der Waals surface area contributed by atoms with Crippen LogP contribution in [0.5, 0.6) is 5.75 Å². The van der Waals surface area contributed by atoms with Gasteiger partial charge in [0.05, 0.1) is 17.7 Å². The van der Waals surface area contributed by atoms with Crippen LogP contribution in [-0.2, 0) is 11.8 Å². The molecule has 6 heteroatoms. The van der Waals surface area contributed by atoms with E-state index in [-0.39, 0.29) is 5.91 Å². The Morgan fingerprint density at radius 2 is 2.09 bits per heavy atom. The number of hydrogen-bond donors (Lipinski definition) is 0. The number of hydrogen-bond acceptors (Lipinski definition) is 4. The van der Waals surface area contributed by atoms with Crippen molar-refractivity contribution in [2.45, 2.75) is 0 Å². The zero-order valence-corrected chi connectivity index (χ0v) is 13.8. The SMILES string of the molecule is COc1cccc(N2C(=O)/C(=C\c3cccn3C)SC2=S)c1. The standard InChI is InChI=1S/C16H14N2O2S2/c1-17-8-4-6-11(17)10-14-15(19)18(16(21)22-14)12-5-3-7-13(9-12)20-2/h3-10H,1-2H3/b14-10+. The smallest absolute Gasteiger partial charge is 0.270 e. The number of ether oxygens (including phenoxy) is 1. The molecule has 0 N–H and O–H groups in total. The molecule has 1 aliphatic heterocycles. The van der Waals surface area contributed by atoms with Gasteiger partial charge in [-0.05, 0) is 30.3 Å². The van der Waals surface area contributed by atoms with Crippen LogP contribution in [-0.4, -0.2) is 21.9 Å². The highest BCUT2D eigenvalue weighted by atomic mass is 32.2. The summed E-state index contributed by atoms with van der Waals surface area (Å²) >= 11 is 6.68. The van der Waals surface area contributed by atoms with Crippen LogP contribution in [0.1, 0.15) is 5.69 Å². The number of thiocarbonyl (C=S) groups is 1. The summed E-state index contributed by atoms with van der Waals surface area (Å²) in [6.45, 7) is 0. The maximum absolute atomic E-state index is 12.7. The number of anilines is 1. The molecule has 112 valence electrons. The van der Waals surface area contributed by atoms with Crippen LogP contribution in [0.15, 0.2) is 47.5 Å². The average Bonchev–Trinajstić information content (AvgIpc) is 3.03. The Bertz CT molecular complexity index is 780. The van der Waals surface area contributed by atoms with Gasteiger partial charge in [-0.3, -0.25) is 9.69 Å². The molecule has 22 heavy (non-hydrogen) atoms. The minimum atomic E-state index is -0.107. The van der Waals surface area contributed by atoms with Gasteiger partial charge in [-0.15, -0.1) is 0 Å². The minimum absolute atomic E-state index is 0.107. The normalized spacial score (nSPS) is 16.6. The lowest BCUT2D eigenvalue weighted by atomic mass is 10.2. The molecule has 1 aromatic heterocycles. The lowest BCUT2D eigenvalue weighted by molar-refractivity contribution is -0.113. The first-order valence-corrected chi connectivity index (χ1v) is 7.86. The van der Waals surface area contributed by atoms with E-state index in [1.165, 1.54) is 16.7 Å². The quantitative estimate of drug-likeness (QED) is 0.638. The molecule has 2 aromatic rings. The summed E-state index contributed by atoms with van der Waals surface area (Å²) in [7, 11) is 3.54. The number of thioether (sulfide) groups is 1. The van der Waals surface area contributed by atoms with Crippen molar-refractivity contribution in [1.29, 1.82) is 0 Å². The van der Waals surface area contributed by atoms with Crippen LogP contribution in [0.2, 0.25) is 0 Å². The molecule has 0 unspecified atom stereocenters. The molecule has 1 aliphatic rings. The van der Waals surface area contributed by atoms with E-state index in [0.717, 1.165) is 11.4 Å². The monoisotopic (exact) mass is 330 g/mol. The number of nitrogens with zero attached hydrogens (tertiary/aromatic N) is 2. The topological polar surface area (TPSA) is 34.5 Å². The van der Waals surface area contributed by atoms with Crippen LogP contribution in [0, 0.1) is 0 Å². The molecule has 1 fully saturated rings. The number of benzene rings is 1. The minimum Gasteiger partial charge on any atom is -0.497 e. The summed E-state index contributed by atoms with van der Waals surface area (Å²) in [6.07, 6.45) is 3.80. The molecule has 0 spiro atoms. The maximum Gasteiger partial charge on any atom is 0.270 e. The molecular formula is C16H14N2O2S2. The third-order valence-electron chi connectivity index (χ3n) is 3.37. The van der Waals surface area contributed by atoms with E-state index >= 15 is 0 Å². The highest BCUT2D eigenvalue weighted by Crippen LogP contribution is 2.36. The molecule has 0 radical (unpaired) electrons. The van der Waals surface area contributed by atoms with E-state index in [1.807, 2.05) is 54.2 Å². The van der Waals surface area contributed by atoms with Crippen LogP contribution in [0.25, 0.3) is 6.08 Å². The molecule has 0 atom stereocenters. The predicted octanol–water partition coefficient (Wildman–Crippen LogP) is 3.44. The molecule has 2 heterocycles. The van der Waals surface area contributed by atoms with Crippen LogP contribution in [0.3, 0.4) is 0 Å². The van der Waals surface area contributed by atoms with Crippen LogP contribution < -0.4 is 9.64 Å². The average molecular weight is 330 g/mol. The van der Waals surface area contributed by atoms with Gasteiger partial charge in [-0.2, -0.15) is 0 Å². The summed E-state index contributed by atoms with van der Waals surface area (Å²) in [5.41, 5.74) is 1.68. The third kappa shape index (κ3) is 2.67. The maximum atomic E-state index is 12.7. The molecule has 4 nitrogen and oxygen atoms in total. The van der Waals surface area contributed by atoms with E-state index in [1.54, 1.807) is 13.2 Å². The Kier molecular flexibility index (Phi) is 4.04. The van der Waals surface area contributed by atoms with E-state index in [0.29, 0.717) is 15.0 Å². The molecule has 3 rings (SSSR count). The molecule has 0 saturated carbocycles. The fourth-order valence-electron chi connectivity index (χ4n) is 2.20. The molecule has 1 aromatic carbocycles. The van der Waals surface area contributed by atoms with Crippen molar-refractivity contribution >= 4 is 46.0 Å². The third-order valence-corrected chi connectivity index (χ3v) is 4.67. The Balaban J connectivity index is 1.95. The summed E-state index contributed by atoms with van der Waals surface area (Å²) in [5.74, 6) is 0.586. The van der Waals surface area contributed by atoms with Crippen LogP contribution >= 0.6 is 24.0 Å². The van der Waals surface area contributed by atoms with Crippen LogP contribution in [0.4, 0.5) is 5.69 Å². The summed E-state index contributed by atoms with van der Waals surface area (Å²) < 4.78 is 7.69. The van der Waals surface area contributed by atoms with E-state index in [4.69, 9.17) is 17.0 Å². The summed E-state index contributed by atoms with van der Waals surface area (Å²) in [4.78, 5) is 14.8. The Morgan fingerprint density at radius 3 is 2.77 bits per heavy atom. The highest BCUT2D eigenvalue weighted by Gasteiger charge is 2.33. The van der Waals surface area contributed by atoms with Crippen molar-refractivity contribution in [3.05, 3.63) is 53.2 Å². The molecular weight excluding hydrogens is 316 g/mol. The predicted molar refractivity (Wildman–Crippen MR) is 94.1 cm³/mol. The molecule has 1 saturated heterocycles. The largest absolute Gasteiger partial charge is 0.497 e. The number of amides is 1. The molecule has 0 aliphatic carbocycles. The van der Waals surface area contributed by atoms with Gasteiger partial charge in [0.15, 0.2) is 4.32 Å². The Labute approximate surface area is 138 Å². The highest BCUT2D eigenvalue weighted by molar-refractivity contribution is 8.27. The first-order chi connectivity index (χ1) is 10.6. The lowest BCUT2D eigenvalue weighted by Crippen LogP contribution is -2.27. The van der Waals surface area contributed by atoms with E-state index < -0.39 is 0 Å². The van der Waals surface area contributed by atoms with E-state index in [9.17, 15) is 4.79 Å². The second-order valence-corrected chi connectivity index (χ2v) is 6.44. The van der Waals surface area contributed by atoms with Gasteiger partial charge in [0, 0.05) is 25.0 Å². The van der Waals surface area contributed by atoms with Crippen molar-refractivity contribution in [3.63, 3.8) is 0 Å². The van der Waals surface area contributed by atoms with Gasteiger partial charge in [0.25, 0.3) is 5.91 Å². The van der Waals surface area contributed by atoms with Crippen molar-refractivity contribution < 1.29 is 9.53 Å². The van der Waals surface area contributed by atoms with Crippen molar-refractivity contribution in [1.82, 2.24) is 4.57 Å². The van der Waals surface area contributed by atoms with Gasteiger partial charge in [-0.1, -0.05) is 30.0 Å². The Morgan fingerprint density at radius 1 is 1.27 bits per heavy atom. The number of rotatable bonds is 3. The number of aryl methyl sites for hydroxylation is 1. The number of aromatic nitrogens is 1. The fraction of sp³-hybridized carbons (Fsp3) is 0.125. The van der Waals surface area contributed by atoms with Gasteiger partial charge in [0.1, 0.15) is 5.75 Å². The summed E-state index contributed by atoms with van der Waals surface area (Å²) in [6, 6.07) is 11.2. The first-order valence-electron chi connectivity index (χ1n) is 6.63. The number of carbonyl (C=O) groups is 1. The molecule has 0 bridgehead atoms. The van der Waals surface area contributed by atoms with Crippen molar-refractivity contribution in [2.24, 2.45) is 7.05 Å². The van der Waals surface area contributed by atoms with Gasteiger partial charge < -0.3 is 9.30 Å². The zero-order valence-electron chi connectivity index (χ0n) is 12.1. The fourth-order valence-corrected chi connectivity index (χ4v) is 3.48. The second kappa shape index (κ2) is 5.98. The Hall–Kier alpha value is -2.05. The van der Waals surface area contributed by atoms with Gasteiger partial charge >= 0.3 is 0 Å². The van der Waals surface area contributed by atoms with Crippen molar-refractivity contribution in [3.8, 4) is 5.75 Å². The van der Waals surface area contributed by atoms with Gasteiger partial charge in [-0.25, -0.2) is 0 Å². The number of methoxy groups -OCH3 is 1. The van der Waals surface area contributed by atoms with Crippen molar-refractivity contribution in [2.75, 3.05) is 12.0 Å². The lowest BCUT2D eigenvalue weighted by Gasteiger charge is -2.15. The summed E-state index contributed by atoms with van der Waals surface area (Å²) in [5, 5.41) is 0. The zero-order chi connectivity index (χ0) is 15.7. The number of carbonyl (C=O) groups excluding carboxylic acids is 1. The molecule has 1 amide bonds. The van der Waals surface area contributed by atoms with E-state index in [2.05, 4.69) is 0 Å². The second-order valence-electron chi connectivity index (χ2n) is 4.76.